The van der Waals surface area contributed by atoms with Gasteiger partial charge in [0.25, 0.3) is 5.91 Å². The highest BCUT2D eigenvalue weighted by atomic mass is 32.2. The summed E-state index contributed by atoms with van der Waals surface area (Å²) < 4.78 is 28.5. The first-order valence-electron chi connectivity index (χ1n) is 10.9. The number of carbonyl (C=O) groups is 1. The Bertz CT molecular complexity index is 1260. The number of carbonyl (C=O) groups excluding carboxylic acids is 1. The number of anilines is 1. The zero-order chi connectivity index (χ0) is 23.8. The van der Waals surface area contributed by atoms with Gasteiger partial charge in [0.1, 0.15) is 5.01 Å². The fourth-order valence-corrected chi connectivity index (χ4v) is 7.18. The molecule has 174 valence electrons. The van der Waals surface area contributed by atoms with Gasteiger partial charge in [0, 0.05) is 24.7 Å². The molecule has 1 fully saturated rings. The molecule has 1 atom stereocenters. The summed E-state index contributed by atoms with van der Waals surface area (Å²) in [5, 5.41) is 12.1. The molecule has 1 aliphatic rings. The largest absolute Gasteiger partial charge is 0.320 e. The minimum atomic E-state index is -3.62. The average molecular weight is 485 g/mol. The summed E-state index contributed by atoms with van der Waals surface area (Å²) in [5.41, 5.74) is 4.38. The third-order valence-corrected chi connectivity index (χ3v) is 9.14. The van der Waals surface area contributed by atoms with E-state index in [1.807, 2.05) is 64.1 Å². The third kappa shape index (κ3) is 5.00. The van der Waals surface area contributed by atoms with Gasteiger partial charge in [-0.3, -0.25) is 4.79 Å². The van der Waals surface area contributed by atoms with Gasteiger partial charge in [0.05, 0.1) is 4.90 Å². The van der Waals surface area contributed by atoms with Crippen molar-refractivity contribution < 1.29 is 13.2 Å². The summed E-state index contributed by atoms with van der Waals surface area (Å²) in [4.78, 5) is 13.0. The van der Waals surface area contributed by atoms with Crippen molar-refractivity contribution in [2.45, 2.75) is 51.3 Å². The first kappa shape index (κ1) is 23.5. The lowest BCUT2D eigenvalue weighted by Crippen LogP contribution is -2.39. The van der Waals surface area contributed by atoms with E-state index in [9.17, 15) is 13.2 Å². The van der Waals surface area contributed by atoms with Crippen molar-refractivity contribution in [3.63, 3.8) is 0 Å². The molecular weight excluding hydrogens is 456 g/mol. The van der Waals surface area contributed by atoms with Crippen LogP contribution in [0.25, 0.3) is 0 Å². The molecule has 1 aromatic heterocycles. The Labute approximate surface area is 198 Å². The highest BCUT2D eigenvalue weighted by molar-refractivity contribution is 7.89. The van der Waals surface area contributed by atoms with Crippen LogP contribution >= 0.6 is 11.3 Å². The van der Waals surface area contributed by atoms with Crippen LogP contribution in [0.1, 0.15) is 55.8 Å². The van der Waals surface area contributed by atoms with Crippen molar-refractivity contribution in [3.8, 4) is 0 Å². The highest BCUT2D eigenvalue weighted by Gasteiger charge is 2.34. The molecule has 1 saturated heterocycles. The smallest absolute Gasteiger partial charge is 0.286 e. The molecule has 4 rings (SSSR count). The van der Waals surface area contributed by atoms with Gasteiger partial charge in [0.15, 0.2) is 0 Å². The maximum atomic E-state index is 13.5. The lowest BCUT2D eigenvalue weighted by atomic mass is 10.0. The van der Waals surface area contributed by atoms with Gasteiger partial charge >= 0.3 is 0 Å². The fraction of sp³-hybridized carbons (Fsp3) is 0.375. The van der Waals surface area contributed by atoms with Crippen molar-refractivity contribution in [2.24, 2.45) is 0 Å². The standard InChI is InChI=1S/C24H28N4O3S2/c1-15-7-9-20(10-8-15)25-22(29)24-27-26-23(32-24)19-6-5-11-28(14-19)33(30,31)21-17(3)12-16(2)13-18(21)4/h7-10,12-13,19H,5-6,11,14H2,1-4H3,(H,25,29)/t19-/m0/s1. The Morgan fingerprint density at radius 2 is 1.70 bits per heavy atom. The maximum Gasteiger partial charge on any atom is 0.286 e. The normalized spacial score (nSPS) is 17.2. The van der Waals surface area contributed by atoms with Gasteiger partial charge in [-0.05, 0) is 63.8 Å². The summed E-state index contributed by atoms with van der Waals surface area (Å²) in [7, 11) is -3.62. The Balaban J connectivity index is 1.51. The molecule has 0 radical (unpaired) electrons. The van der Waals surface area contributed by atoms with Crippen LogP contribution in [0.4, 0.5) is 5.69 Å². The predicted molar refractivity (Wildman–Crippen MR) is 130 cm³/mol. The van der Waals surface area contributed by atoms with Crippen LogP contribution in [0.3, 0.4) is 0 Å². The summed E-state index contributed by atoms with van der Waals surface area (Å²) in [6.07, 6.45) is 1.55. The van der Waals surface area contributed by atoms with E-state index >= 15 is 0 Å². The summed E-state index contributed by atoms with van der Waals surface area (Å²) in [6, 6.07) is 11.4. The number of nitrogens with one attached hydrogen (secondary N) is 1. The lowest BCUT2D eigenvalue weighted by Gasteiger charge is -2.31. The first-order chi connectivity index (χ1) is 15.6. The van der Waals surface area contributed by atoms with Gasteiger partial charge in [-0.15, -0.1) is 10.2 Å². The second-order valence-electron chi connectivity index (χ2n) is 8.70. The number of piperidine rings is 1. The fourth-order valence-electron chi connectivity index (χ4n) is 4.38. The van der Waals surface area contributed by atoms with Crippen LogP contribution in [0, 0.1) is 27.7 Å². The second kappa shape index (κ2) is 9.32. The van der Waals surface area contributed by atoms with Crippen molar-refractivity contribution in [2.75, 3.05) is 18.4 Å². The molecule has 33 heavy (non-hydrogen) atoms. The molecule has 9 heteroatoms. The Morgan fingerprint density at radius 1 is 1.03 bits per heavy atom. The molecular formula is C24H28N4O3S2. The van der Waals surface area contributed by atoms with Gasteiger partial charge in [-0.1, -0.05) is 46.7 Å². The van der Waals surface area contributed by atoms with Crippen LogP contribution in [-0.2, 0) is 10.0 Å². The van der Waals surface area contributed by atoms with E-state index in [2.05, 4.69) is 15.5 Å². The number of hydrogen-bond acceptors (Lipinski definition) is 6. The Morgan fingerprint density at radius 3 is 2.36 bits per heavy atom. The van der Waals surface area contributed by atoms with E-state index in [1.54, 1.807) is 4.31 Å². The molecule has 3 aromatic rings. The Hall–Kier alpha value is -2.62. The predicted octanol–water partition coefficient (Wildman–Crippen LogP) is 4.59. The van der Waals surface area contributed by atoms with Crippen LogP contribution in [0.2, 0.25) is 0 Å². The summed E-state index contributed by atoms with van der Waals surface area (Å²) in [5.74, 6) is -0.396. The van der Waals surface area contributed by atoms with Crippen LogP contribution in [-0.4, -0.2) is 41.9 Å². The van der Waals surface area contributed by atoms with E-state index in [0.29, 0.717) is 28.7 Å². The number of rotatable bonds is 5. The van der Waals surface area contributed by atoms with E-state index in [4.69, 9.17) is 0 Å². The highest BCUT2D eigenvalue weighted by Crippen LogP contribution is 2.34. The monoisotopic (exact) mass is 484 g/mol. The molecule has 0 saturated carbocycles. The molecule has 0 aliphatic carbocycles. The topological polar surface area (TPSA) is 92.3 Å². The van der Waals surface area contributed by atoms with Crippen molar-refractivity contribution in [3.05, 3.63) is 68.7 Å². The first-order valence-corrected chi connectivity index (χ1v) is 13.2. The molecule has 0 spiro atoms. The van der Waals surface area contributed by atoms with Crippen LogP contribution in [0.5, 0.6) is 0 Å². The molecule has 2 heterocycles. The molecule has 7 nitrogen and oxygen atoms in total. The second-order valence-corrected chi connectivity index (χ2v) is 11.6. The molecule has 1 amide bonds. The van der Waals surface area contributed by atoms with Gasteiger partial charge in [-0.25, -0.2) is 8.42 Å². The zero-order valence-electron chi connectivity index (χ0n) is 19.3. The van der Waals surface area contributed by atoms with E-state index in [-0.39, 0.29) is 16.8 Å². The van der Waals surface area contributed by atoms with Crippen molar-refractivity contribution in [1.29, 1.82) is 0 Å². The van der Waals surface area contributed by atoms with Gasteiger partial charge in [0.2, 0.25) is 15.0 Å². The lowest BCUT2D eigenvalue weighted by molar-refractivity contribution is 0.102. The third-order valence-electron chi connectivity index (χ3n) is 5.88. The minimum absolute atomic E-state index is 0.0852. The van der Waals surface area contributed by atoms with Gasteiger partial charge < -0.3 is 5.32 Å². The van der Waals surface area contributed by atoms with Crippen molar-refractivity contribution >= 4 is 33.0 Å². The van der Waals surface area contributed by atoms with Gasteiger partial charge in [-0.2, -0.15) is 4.31 Å². The number of hydrogen-bond donors (Lipinski definition) is 1. The molecule has 2 aromatic carbocycles. The molecule has 0 unspecified atom stereocenters. The minimum Gasteiger partial charge on any atom is -0.320 e. The average Bonchev–Trinajstić information content (AvgIpc) is 3.25. The van der Waals surface area contributed by atoms with Crippen LogP contribution in [0.15, 0.2) is 41.3 Å². The SMILES string of the molecule is Cc1ccc(NC(=O)c2nnc([C@H]3CCCN(S(=O)(=O)c4c(C)cc(C)cc4C)C3)s2)cc1. The number of sulfonamides is 1. The van der Waals surface area contributed by atoms with E-state index in [1.165, 1.54) is 11.3 Å². The molecule has 1 aliphatic heterocycles. The van der Waals surface area contributed by atoms with Crippen LogP contribution < -0.4 is 5.32 Å². The summed E-state index contributed by atoms with van der Waals surface area (Å²) >= 11 is 1.23. The summed E-state index contributed by atoms with van der Waals surface area (Å²) in [6.45, 7) is 8.46. The zero-order valence-corrected chi connectivity index (χ0v) is 20.9. The Kier molecular flexibility index (Phi) is 6.65. The van der Waals surface area contributed by atoms with E-state index < -0.39 is 10.0 Å². The van der Waals surface area contributed by atoms with E-state index in [0.717, 1.165) is 35.1 Å². The number of benzene rings is 2. The maximum absolute atomic E-state index is 13.5. The number of amides is 1. The molecule has 0 bridgehead atoms. The number of aromatic nitrogens is 2. The van der Waals surface area contributed by atoms with Crippen molar-refractivity contribution in [1.82, 2.24) is 14.5 Å². The number of aryl methyl sites for hydroxylation is 4. The number of nitrogens with zero attached hydrogens (tertiary/aromatic N) is 3. The quantitative estimate of drug-likeness (QED) is 0.572. The molecule has 1 N–H and O–H groups in total.